The predicted molar refractivity (Wildman–Crippen MR) is 146 cm³/mol. The second kappa shape index (κ2) is 10.8. The van der Waals surface area contributed by atoms with Crippen molar-refractivity contribution in [1.29, 1.82) is 0 Å². The second-order valence-corrected chi connectivity index (χ2v) is 10.1. The Labute approximate surface area is 224 Å². The summed E-state index contributed by atoms with van der Waals surface area (Å²) in [5.74, 6) is -1.49. The first-order valence-corrected chi connectivity index (χ1v) is 13.0. The molecule has 8 nitrogen and oxygen atoms in total. The van der Waals surface area contributed by atoms with Crippen LogP contribution in [0.4, 0.5) is 20.6 Å². The van der Waals surface area contributed by atoms with E-state index < -0.39 is 29.4 Å². The number of anilines is 2. The third-order valence-electron chi connectivity index (χ3n) is 6.54. The number of halogens is 1. The highest BCUT2D eigenvalue weighted by atomic mass is 32.2. The molecule has 3 heterocycles. The number of benzene rings is 2. The van der Waals surface area contributed by atoms with E-state index in [1.54, 1.807) is 6.08 Å². The zero-order chi connectivity index (χ0) is 26.8. The molecule has 0 radical (unpaired) electrons. The number of aryl methyl sites for hydroxylation is 1. The van der Waals surface area contributed by atoms with Crippen molar-refractivity contribution in [2.45, 2.75) is 13.8 Å². The number of nitrogens with zero attached hydrogens (tertiary/aromatic N) is 3. The Morgan fingerprint density at radius 1 is 1.03 bits per heavy atom. The average molecular weight is 535 g/mol. The molecule has 3 aromatic rings. The molecular weight excluding hydrogens is 507 g/mol. The van der Waals surface area contributed by atoms with Gasteiger partial charge in [-0.05, 0) is 91.8 Å². The van der Waals surface area contributed by atoms with Crippen LogP contribution >= 0.6 is 11.8 Å². The van der Waals surface area contributed by atoms with Crippen LogP contribution in [0.3, 0.4) is 0 Å². The molecule has 0 spiro atoms. The minimum atomic E-state index is -0.543. The highest BCUT2D eigenvalue weighted by Gasteiger charge is 2.36. The molecule has 0 saturated carbocycles. The van der Waals surface area contributed by atoms with Crippen molar-refractivity contribution in [3.63, 3.8) is 0 Å². The van der Waals surface area contributed by atoms with Crippen molar-refractivity contribution in [2.75, 3.05) is 43.1 Å². The first kappa shape index (κ1) is 25.7. The van der Waals surface area contributed by atoms with Gasteiger partial charge in [-0.1, -0.05) is 0 Å². The van der Waals surface area contributed by atoms with Gasteiger partial charge in [0.25, 0.3) is 11.1 Å². The fourth-order valence-corrected chi connectivity index (χ4v) is 5.45. The summed E-state index contributed by atoms with van der Waals surface area (Å²) < 4.78 is 20.6. The van der Waals surface area contributed by atoms with Gasteiger partial charge in [0.2, 0.25) is 5.91 Å². The van der Waals surface area contributed by atoms with Gasteiger partial charge in [-0.2, -0.15) is 0 Å². The Balaban J connectivity index is 1.30. The summed E-state index contributed by atoms with van der Waals surface area (Å²) >= 11 is 0.808. The number of carbonyl (C=O) groups is 3. The minimum Gasteiger partial charge on any atom is -0.378 e. The van der Waals surface area contributed by atoms with Crippen LogP contribution in [0, 0.1) is 19.7 Å². The first-order chi connectivity index (χ1) is 18.3. The maximum absolute atomic E-state index is 13.1. The maximum Gasteiger partial charge on any atom is 0.294 e. The molecule has 2 saturated heterocycles. The summed E-state index contributed by atoms with van der Waals surface area (Å²) in [5.41, 5.74) is 5.28. The van der Waals surface area contributed by atoms with E-state index in [4.69, 9.17) is 4.74 Å². The first-order valence-electron chi connectivity index (χ1n) is 12.2. The molecule has 2 aliphatic heterocycles. The van der Waals surface area contributed by atoms with E-state index in [1.807, 2.05) is 19.9 Å². The van der Waals surface area contributed by atoms with Crippen LogP contribution in [-0.2, 0) is 14.3 Å². The van der Waals surface area contributed by atoms with Crippen molar-refractivity contribution < 1.29 is 23.5 Å². The molecular formula is C28H27FN4O4S. The van der Waals surface area contributed by atoms with Crippen molar-refractivity contribution in [1.82, 2.24) is 9.47 Å². The average Bonchev–Trinajstić information content (AvgIpc) is 3.34. The standard InChI is InChI=1S/C28H27FN4O4S/c1-18-15-20(19(2)33(18)24-9-7-23(8-10-24)31-11-13-37-14-12-31)16-25-27(35)32(28(36)38-25)17-26(34)30-22-5-3-21(29)4-6-22/h3-10,15-16H,11-14,17H2,1-2H3,(H,30,34)/b25-16-. The van der Waals surface area contributed by atoms with Crippen LogP contribution in [0.15, 0.2) is 59.5 Å². The summed E-state index contributed by atoms with van der Waals surface area (Å²) in [6.45, 7) is 6.73. The summed E-state index contributed by atoms with van der Waals surface area (Å²) in [7, 11) is 0. The van der Waals surface area contributed by atoms with Gasteiger partial charge in [-0.3, -0.25) is 19.3 Å². The third-order valence-corrected chi connectivity index (χ3v) is 7.45. The molecule has 0 unspecified atom stereocenters. The molecule has 0 atom stereocenters. The Bertz CT molecular complexity index is 1410. The lowest BCUT2D eigenvalue weighted by molar-refractivity contribution is -0.127. The monoisotopic (exact) mass is 534 g/mol. The van der Waals surface area contributed by atoms with Crippen LogP contribution in [-0.4, -0.2) is 59.4 Å². The number of amides is 3. The molecule has 2 fully saturated rings. The quantitative estimate of drug-likeness (QED) is 0.460. The molecule has 2 aromatic carbocycles. The summed E-state index contributed by atoms with van der Waals surface area (Å²) in [6.07, 6.45) is 1.70. The van der Waals surface area contributed by atoms with Crippen LogP contribution in [0.5, 0.6) is 0 Å². The van der Waals surface area contributed by atoms with Gasteiger partial charge < -0.3 is 19.5 Å². The van der Waals surface area contributed by atoms with Gasteiger partial charge in [0.05, 0.1) is 18.1 Å². The Morgan fingerprint density at radius 3 is 2.37 bits per heavy atom. The van der Waals surface area contributed by atoms with Gasteiger partial charge in [-0.25, -0.2) is 4.39 Å². The number of imide groups is 1. The number of thioether (sulfide) groups is 1. The summed E-state index contributed by atoms with van der Waals surface area (Å²) in [5, 5.41) is 2.06. The van der Waals surface area contributed by atoms with Gasteiger partial charge in [0.15, 0.2) is 0 Å². The number of aromatic nitrogens is 1. The van der Waals surface area contributed by atoms with Crippen LogP contribution in [0.25, 0.3) is 11.8 Å². The zero-order valence-electron chi connectivity index (χ0n) is 21.1. The number of carbonyl (C=O) groups excluding carboxylic acids is 3. The lowest BCUT2D eigenvalue weighted by atomic mass is 10.2. The minimum absolute atomic E-state index is 0.257. The molecule has 0 aliphatic carbocycles. The van der Waals surface area contributed by atoms with E-state index in [9.17, 15) is 18.8 Å². The largest absolute Gasteiger partial charge is 0.378 e. The maximum atomic E-state index is 13.1. The van der Waals surface area contributed by atoms with Crippen LogP contribution in [0.2, 0.25) is 0 Å². The van der Waals surface area contributed by atoms with Gasteiger partial charge >= 0.3 is 0 Å². The molecule has 1 aromatic heterocycles. The lowest BCUT2D eigenvalue weighted by Crippen LogP contribution is -2.36. The molecule has 2 aliphatic rings. The zero-order valence-corrected chi connectivity index (χ0v) is 21.9. The van der Waals surface area contributed by atoms with E-state index in [0.29, 0.717) is 5.69 Å². The van der Waals surface area contributed by atoms with Gasteiger partial charge in [0, 0.05) is 41.5 Å². The molecule has 196 valence electrons. The van der Waals surface area contributed by atoms with Crippen LogP contribution in [0.1, 0.15) is 17.0 Å². The van der Waals surface area contributed by atoms with E-state index in [2.05, 4.69) is 39.0 Å². The van der Waals surface area contributed by atoms with Crippen molar-refractivity contribution in [3.05, 3.63) is 82.3 Å². The number of nitrogens with one attached hydrogen (secondary N) is 1. The molecule has 3 amide bonds. The topological polar surface area (TPSA) is 83.9 Å². The number of ether oxygens (including phenoxy) is 1. The Hall–Kier alpha value is -3.89. The van der Waals surface area contributed by atoms with Gasteiger partial charge in [0.1, 0.15) is 12.4 Å². The molecule has 1 N–H and O–H groups in total. The molecule has 38 heavy (non-hydrogen) atoms. The Kier molecular flexibility index (Phi) is 7.35. The number of hydrogen-bond donors (Lipinski definition) is 1. The molecule has 10 heteroatoms. The smallest absolute Gasteiger partial charge is 0.294 e. The fraction of sp³-hybridized carbons (Fsp3) is 0.250. The van der Waals surface area contributed by atoms with Crippen molar-refractivity contribution >= 4 is 46.3 Å². The van der Waals surface area contributed by atoms with Gasteiger partial charge in [-0.15, -0.1) is 0 Å². The van der Waals surface area contributed by atoms with Crippen molar-refractivity contribution in [3.8, 4) is 5.69 Å². The third kappa shape index (κ3) is 5.36. The SMILES string of the molecule is Cc1cc(/C=C2\SC(=O)N(CC(=O)Nc3ccc(F)cc3)C2=O)c(C)n1-c1ccc(N2CCOCC2)cc1. The van der Waals surface area contributed by atoms with Crippen molar-refractivity contribution in [2.24, 2.45) is 0 Å². The Morgan fingerprint density at radius 2 is 1.68 bits per heavy atom. The second-order valence-electron chi connectivity index (χ2n) is 9.10. The lowest BCUT2D eigenvalue weighted by Gasteiger charge is -2.29. The predicted octanol–water partition coefficient (Wildman–Crippen LogP) is 4.74. The van der Waals surface area contributed by atoms with E-state index in [-0.39, 0.29) is 4.91 Å². The molecule has 0 bridgehead atoms. The van der Waals surface area contributed by atoms with Crippen LogP contribution < -0.4 is 10.2 Å². The highest BCUT2D eigenvalue weighted by Crippen LogP contribution is 2.34. The number of rotatable bonds is 6. The summed E-state index contributed by atoms with van der Waals surface area (Å²) in [6, 6.07) is 15.6. The van der Waals surface area contributed by atoms with E-state index in [0.717, 1.165) is 71.3 Å². The van der Waals surface area contributed by atoms with E-state index in [1.165, 1.54) is 24.3 Å². The van der Waals surface area contributed by atoms with E-state index >= 15 is 0 Å². The number of hydrogen-bond acceptors (Lipinski definition) is 6. The normalized spacial score (nSPS) is 17.0. The highest BCUT2D eigenvalue weighted by molar-refractivity contribution is 8.18. The summed E-state index contributed by atoms with van der Waals surface area (Å²) in [4.78, 5) is 41.4. The number of morpholine rings is 1. The fourth-order valence-electron chi connectivity index (χ4n) is 4.62. The molecule has 5 rings (SSSR count).